The van der Waals surface area contributed by atoms with Crippen molar-refractivity contribution in [2.24, 2.45) is 0 Å². The van der Waals surface area contributed by atoms with Gasteiger partial charge in [0.25, 0.3) is 11.8 Å². The first-order chi connectivity index (χ1) is 12.1. The molecule has 0 aliphatic carbocycles. The molecule has 0 saturated heterocycles. The Morgan fingerprint density at radius 2 is 1.52 bits per heavy atom. The highest BCUT2D eigenvalue weighted by atomic mass is 35.5. The van der Waals surface area contributed by atoms with Gasteiger partial charge < -0.3 is 10.6 Å². The van der Waals surface area contributed by atoms with Crippen LogP contribution >= 0.6 is 11.6 Å². The molecule has 5 nitrogen and oxygen atoms in total. The minimum Gasteiger partial charge on any atom is -0.322 e. The fraction of sp³-hybridized carbons (Fsp3) is 0. The number of rotatable bonds is 4. The van der Waals surface area contributed by atoms with Gasteiger partial charge in [-0.3, -0.25) is 14.6 Å². The second-order valence-electron chi connectivity index (χ2n) is 5.21. The molecule has 0 saturated carbocycles. The molecule has 1 heterocycles. The number of nitrogens with one attached hydrogen (secondary N) is 2. The Labute approximate surface area is 149 Å². The smallest absolute Gasteiger partial charge is 0.274 e. The van der Waals surface area contributed by atoms with E-state index in [1.165, 1.54) is 12.3 Å². The number of hydrogen-bond acceptors (Lipinski definition) is 3. The first kappa shape index (κ1) is 16.7. The molecule has 2 aromatic carbocycles. The Hall–Kier alpha value is -3.18. The second-order valence-corrected chi connectivity index (χ2v) is 5.65. The van der Waals surface area contributed by atoms with Crippen LogP contribution in [0.25, 0.3) is 0 Å². The quantitative estimate of drug-likeness (QED) is 0.738. The van der Waals surface area contributed by atoms with Crippen molar-refractivity contribution in [3.63, 3.8) is 0 Å². The predicted molar refractivity (Wildman–Crippen MR) is 98.0 cm³/mol. The summed E-state index contributed by atoms with van der Waals surface area (Å²) in [6.45, 7) is 0. The highest BCUT2D eigenvalue weighted by Gasteiger charge is 2.12. The zero-order valence-corrected chi connectivity index (χ0v) is 13.8. The third kappa shape index (κ3) is 4.43. The summed E-state index contributed by atoms with van der Waals surface area (Å²) in [5, 5.41) is 5.99. The molecule has 124 valence electrons. The fourth-order valence-electron chi connectivity index (χ4n) is 2.18. The van der Waals surface area contributed by atoms with E-state index in [9.17, 15) is 9.59 Å². The lowest BCUT2D eigenvalue weighted by atomic mass is 10.2. The van der Waals surface area contributed by atoms with E-state index < -0.39 is 0 Å². The van der Waals surface area contributed by atoms with Gasteiger partial charge in [-0.2, -0.15) is 0 Å². The van der Waals surface area contributed by atoms with Crippen molar-refractivity contribution in [2.45, 2.75) is 0 Å². The average Bonchev–Trinajstić information content (AvgIpc) is 2.62. The second kappa shape index (κ2) is 7.59. The summed E-state index contributed by atoms with van der Waals surface area (Å²) in [6, 6.07) is 18.8. The van der Waals surface area contributed by atoms with Crippen LogP contribution in [0.5, 0.6) is 0 Å². The predicted octanol–water partition coefficient (Wildman–Crippen LogP) is 4.24. The molecule has 0 fully saturated rings. The topological polar surface area (TPSA) is 71.1 Å². The van der Waals surface area contributed by atoms with Gasteiger partial charge in [0.15, 0.2) is 0 Å². The largest absolute Gasteiger partial charge is 0.322 e. The Morgan fingerprint density at radius 1 is 0.800 bits per heavy atom. The number of carbonyl (C=O) groups is 2. The number of anilines is 2. The van der Waals surface area contributed by atoms with Gasteiger partial charge in [-0.1, -0.05) is 35.9 Å². The maximum Gasteiger partial charge on any atom is 0.274 e. The standard InChI is InChI=1S/C19H14ClN3O2/c20-14-5-4-8-16(12-14)23-18(24)13-9-10-21-17(11-13)19(25)22-15-6-2-1-3-7-15/h1-12H,(H,22,25)(H,23,24). The number of para-hydroxylation sites is 1. The summed E-state index contributed by atoms with van der Waals surface area (Å²) in [7, 11) is 0. The number of aromatic nitrogens is 1. The Kier molecular flexibility index (Phi) is 5.06. The van der Waals surface area contributed by atoms with Crippen LogP contribution < -0.4 is 10.6 Å². The minimum atomic E-state index is -0.386. The number of nitrogens with zero attached hydrogens (tertiary/aromatic N) is 1. The molecular weight excluding hydrogens is 338 g/mol. The normalized spacial score (nSPS) is 10.1. The summed E-state index contributed by atoms with van der Waals surface area (Å²) in [4.78, 5) is 28.6. The van der Waals surface area contributed by atoms with Crippen LogP contribution in [-0.2, 0) is 0 Å². The van der Waals surface area contributed by atoms with E-state index >= 15 is 0 Å². The van der Waals surface area contributed by atoms with Crippen molar-refractivity contribution in [3.05, 3.63) is 89.2 Å². The van der Waals surface area contributed by atoms with Gasteiger partial charge in [0.2, 0.25) is 0 Å². The molecule has 0 atom stereocenters. The van der Waals surface area contributed by atoms with Crippen molar-refractivity contribution in [2.75, 3.05) is 10.6 Å². The van der Waals surface area contributed by atoms with Crippen molar-refractivity contribution < 1.29 is 9.59 Å². The molecule has 0 aliphatic rings. The molecule has 0 aliphatic heterocycles. The minimum absolute atomic E-state index is 0.155. The Balaban J connectivity index is 1.74. The van der Waals surface area contributed by atoms with Gasteiger partial charge in [0.1, 0.15) is 5.69 Å². The van der Waals surface area contributed by atoms with Crippen molar-refractivity contribution in [1.29, 1.82) is 0 Å². The van der Waals surface area contributed by atoms with Gasteiger partial charge in [-0.15, -0.1) is 0 Å². The molecule has 2 amide bonds. The van der Waals surface area contributed by atoms with E-state index in [4.69, 9.17) is 11.6 Å². The van der Waals surface area contributed by atoms with Gasteiger partial charge in [0.05, 0.1) is 0 Å². The number of hydrogen-bond donors (Lipinski definition) is 2. The first-order valence-corrected chi connectivity index (χ1v) is 7.89. The SMILES string of the molecule is O=C(Nc1cccc(Cl)c1)c1ccnc(C(=O)Nc2ccccc2)c1. The highest BCUT2D eigenvalue weighted by Crippen LogP contribution is 2.16. The van der Waals surface area contributed by atoms with Crippen molar-refractivity contribution in [3.8, 4) is 0 Å². The fourth-order valence-corrected chi connectivity index (χ4v) is 2.37. The highest BCUT2D eigenvalue weighted by molar-refractivity contribution is 6.31. The van der Waals surface area contributed by atoms with E-state index in [2.05, 4.69) is 15.6 Å². The van der Waals surface area contributed by atoms with Gasteiger partial charge in [-0.25, -0.2) is 0 Å². The third-order valence-electron chi connectivity index (χ3n) is 3.37. The maximum atomic E-state index is 12.3. The van der Waals surface area contributed by atoms with Crippen molar-refractivity contribution in [1.82, 2.24) is 4.98 Å². The lowest BCUT2D eigenvalue weighted by Crippen LogP contribution is -2.16. The number of pyridine rings is 1. The molecule has 3 aromatic rings. The Morgan fingerprint density at radius 3 is 2.28 bits per heavy atom. The van der Waals surface area contributed by atoms with Crippen LogP contribution in [0.1, 0.15) is 20.8 Å². The molecule has 0 radical (unpaired) electrons. The summed E-state index contributed by atoms with van der Waals surface area (Å²) >= 11 is 5.90. The number of carbonyl (C=O) groups excluding carboxylic acids is 2. The molecule has 0 bridgehead atoms. The van der Waals surface area contributed by atoms with Gasteiger partial charge in [-0.05, 0) is 42.5 Å². The van der Waals surface area contributed by atoms with Crippen molar-refractivity contribution >= 4 is 34.8 Å². The Bertz CT molecular complexity index is 913. The molecular formula is C19H14ClN3O2. The first-order valence-electron chi connectivity index (χ1n) is 7.51. The molecule has 6 heteroatoms. The zero-order chi connectivity index (χ0) is 17.6. The molecule has 1 aromatic heterocycles. The molecule has 25 heavy (non-hydrogen) atoms. The van der Waals surface area contributed by atoms with E-state index in [1.54, 1.807) is 42.5 Å². The lowest BCUT2D eigenvalue weighted by molar-refractivity contribution is 0.102. The third-order valence-corrected chi connectivity index (χ3v) is 3.60. The number of benzene rings is 2. The van der Waals surface area contributed by atoms with E-state index in [-0.39, 0.29) is 17.5 Å². The van der Waals surface area contributed by atoms with Crippen LogP contribution in [0.15, 0.2) is 72.9 Å². The molecule has 0 spiro atoms. The summed E-state index contributed by atoms with van der Waals surface area (Å²) in [6.07, 6.45) is 1.42. The average molecular weight is 352 g/mol. The molecule has 0 unspecified atom stereocenters. The van der Waals surface area contributed by atoms with E-state index in [1.807, 2.05) is 18.2 Å². The van der Waals surface area contributed by atoms with Crippen LogP contribution in [0.3, 0.4) is 0 Å². The molecule has 2 N–H and O–H groups in total. The summed E-state index contributed by atoms with van der Waals surface area (Å²) in [5.41, 5.74) is 1.71. The van der Waals surface area contributed by atoms with E-state index in [0.717, 1.165) is 0 Å². The summed E-state index contributed by atoms with van der Waals surface area (Å²) in [5.74, 6) is -0.734. The maximum absolute atomic E-state index is 12.3. The van der Waals surface area contributed by atoms with Crippen LogP contribution in [-0.4, -0.2) is 16.8 Å². The van der Waals surface area contributed by atoms with Crippen LogP contribution in [0.2, 0.25) is 5.02 Å². The van der Waals surface area contributed by atoms with Gasteiger partial charge >= 0.3 is 0 Å². The van der Waals surface area contributed by atoms with E-state index in [0.29, 0.717) is 22.0 Å². The monoisotopic (exact) mass is 351 g/mol. The number of amides is 2. The lowest BCUT2D eigenvalue weighted by Gasteiger charge is -2.08. The molecule has 3 rings (SSSR count). The van der Waals surface area contributed by atoms with Gasteiger partial charge in [0, 0.05) is 28.2 Å². The van der Waals surface area contributed by atoms with Crippen LogP contribution in [0.4, 0.5) is 11.4 Å². The zero-order valence-electron chi connectivity index (χ0n) is 13.1. The van der Waals surface area contributed by atoms with Crippen LogP contribution in [0, 0.1) is 0 Å². The number of halogens is 1. The summed E-state index contributed by atoms with van der Waals surface area (Å²) < 4.78 is 0.